The molecule has 0 aliphatic carbocycles. The van der Waals surface area contributed by atoms with Crippen LogP contribution in [0.4, 0.5) is 8.78 Å². The van der Waals surface area contributed by atoms with E-state index in [0.29, 0.717) is 0 Å². The van der Waals surface area contributed by atoms with Crippen molar-refractivity contribution in [1.29, 1.82) is 0 Å². The van der Waals surface area contributed by atoms with E-state index in [4.69, 9.17) is 4.84 Å². The number of halogens is 2. The third-order valence-corrected chi connectivity index (χ3v) is 2.03. The first-order valence-electron chi connectivity index (χ1n) is 4.68. The van der Waals surface area contributed by atoms with Gasteiger partial charge in [-0.05, 0) is 6.92 Å². The molecular formula is C9H13F2N3O2. The van der Waals surface area contributed by atoms with E-state index in [1.54, 1.807) is 6.92 Å². The molecule has 90 valence electrons. The Morgan fingerprint density at radius 3 is 2.75 bits per heavy atom. The van der Waals surface area contributed by atoms with Gasteiger partial charge in [-0.3, -0.25) is 14.3 Å². The van der Waals surface area contributed by atoms with E-state index >= 15 is 0 Å². The predicted octanol–water partition coefficient (Wildman–Crippen LogP) is 1.38. The summed E-state index contributed by atoms with van der Waals surface area (Å²) in [5.74, 6) is -0.617. The molecular weight excluding hydrogens is 220 g/mol. The van der Waals surface area contributed by atoms with Gasteiger partial charge in [0.05, 0.1) is 12.7 Å². The fourth-order valence-corrected chi connectivity index (χ4v) is 1.32. The Kier molecular flexibility index (Phi) is 3.94. The molecule has 1 aromatic rings. The van der Waals surface area contributed by atoms with Crippen molar-refractivity contribution in [3.8, 4) is 0 Å². The van der Waals surface area contributed by atoms with E-state index in [1.807, 2.05) is 0 Å². The zero-order chi connectivity index (χ0) is 12.3. The summed E-state index contributed by atoms with van der Waals surface area (Å²) in [5, 5.41) is 4.53. The number of aromatic nitrogens is 2. The molecule has 0 N–H and O–H groups in total. The number of hydrogen-bond acceptors (Lipinski definition) is 3. The average Bonchev–Trinajstić information content (AvgIpc) is 2.62. The van der Waals surface area contributed by atoms with Crippen LogP contribution in [0.25, 0.3) is 0 Å². The first-order valence-corrected chi connectivity index (χ1v) is 4.68. The van der Waals surface area contributed by atoms with Gasteiger partial charge in [-0.2, -0.15) is 5.10 Å². The Morgan fingerprint density at radius 1 is 1.69 bits per heavy atom. The third kappa shape index (κ3) is 2.35. The van der Waals surface area contributed by atoms with Crippen LogP contribution < -0.4 is 0 Å². The molecule has 1 aromatic heterocycles. The smallest absolute Gasteiger partial charge is 0.275 e. The molecule has 0 atom stereocenters. The number of carbonyl (C=O) groups is 1. The van der Waals surface area contributed by atoms with E-state index < -0.39 is 18.0 Å². The van der Waals surface area contributed by atoms with E-state index in [0.717, 1.165) is 5.06 Å². The van der Waals surface area contributed by atoms with Gasteiger partial charge in [0.1, 0.15) is 5.69 Å². The molecule has 0 saturated heterocycles. The summed E-state index contributed by atoms with van der Waals surface area (Å²) in [6.45, 7) is 1.95. The van der Waals surface area contributed by atoms with Crippen LogP contribution in [-0.4, -0.2) is 34.4 Å². The first kappa shape index (κ1) is 12.6. The summed E-state index contributed by atoms with van der Waals surface area (Å²) in [5.41, 5.74) is -0.663. The second-order valence-corrected chi connectivity index (χ2v) is 3.08. The van der Waals surface area contributed by atoms with Gasteiger partial charge in [-0.1, -0.05) is 0 Å². The van der Waals surface area contributed by atoms with Gasteiger partial charge in [0.25, 0.3) is 12.3 Å². The minimum atomic E-state index is -2.78. The van der Waals surface area contributed by atoms with Crippen molar-refractivity contribution >= 4 is 5.91 Å². The summed E-state index contributed by atoms with van der Waals surface area (Å²) in [4.78, 5) is 16.5. The molecule has 16 heavy (non-hydrogen) atoms. The second-order valence-electron chi connectivity index (χ2n) is 3.08. The molecule has 0 radical (unpaired) electrons. The lowest BCUT2D eigenvalue weighted by atomic mass is 10.2. The van der Waals surface area contributed by atoms with Crippen LogP contribution in [0.3, 0.4) is 0 Å². The van der Waals surface area contributed by atoms with E-state index in [2.05, 4.69) is 5.10 Å². The van der Waals surface area contributed by atoms with Crippen molar-refractivity contribution in [2.24, 2.45) is 7.05 Å². The van der Waals surface area contributed by atoms with Crippen molar-refractivity contribution in [1.82, 2.24) is 14.8 Å². The minimum Gasteiger partial charge on any atom is -0.275 e. The average molecular weight is 233 g/mol. The zero-order valence-electron chi connectivity index (χ0n) is 9.28. The van der Waals surface area contributed by atoms with E-state index in [1.165, 1.54) is 25.0 Å². The molecule has 5 nitrogen and oxygen atoms in total. The van der Waals surface area contributed by atoms with E-state index in [9.17, 15) is 13.6 Å². The topological polar surface area (TPSA) is 47.4 Å². The third-order valence-electron chi connectivity index (χ3n) is 2.03. The van der Waals surface area contributed by atoms with Crippen LogP contribution >= 0.6 is 0 Å². The van der Waals surface area contributed by atoms with Gasteiger partial charge in [0.2, 0.25) is 0 Å². The molecule has 7 heteroatoms. The number of rotatable bonds is 4. The highest BCUT2D eigenvalue weighted by atomic mass is 19.3. The number of nitrogens with zero attached hydrogens (tertiary/aromatic N) is 3. The van der Waals surface area contributed by atoms with E-state index in [-0.39, 0.29) is 12.1 Å². The lowest BCUT2D eigenvalue weighted by Gasteiger charge is -2.16. The van der Waals surface area contributed by atoms with Crippen molar-refractivity contribution in [2.75, 3.05) is 13.7 Å². The summed E-state index contributed by atoms with van der Waals surface area (Å²) < 4.78 is 26.3. The summed E-state index contributed by atoms with van der Waals surface area (Å²) in [6.07, 6.45) is -1.53. The molecule has 0 bridgehead atoms. The number of alkyl halides is 2. The van der Waals surface area contributed by atoms with Crippen molar-refractivity contribution < 1.29 is 18.4 Å². The largest absolute Gasteiger partial charge is 0.282 e. The maximum Gasteiger partial charge on any atom is 0.282 e. The number of carbonyl (C=O) groups excluding carboxylic acids is 1. The Hall–Kier alpha value is -1.50. The van der Waals surface area contributed by atoms with Gasteiger partial charge < -0.3 is 0 Å². The molecule has 1 heterocycles. The fraction of sp³-hybridized carbons (Fsp3) is 0.556. The molecule has 0 fully saturated rings. The maximum atomic E-state index is 12.6. The second kappa shape index (κ2) is 5.02. The first-order chi connectivity index (χ1) is 7.51. The summed E-state index contributed by atoms with van der Waals surface area (Å²) in [7, 11) is 2.78. The lowest BCUT2D eigenvalue weighted by molar-refractivity contribution is -0.0917. The minimum absolute atomic E-state index is 0.138. The molecule has 0 aliphatic rings. The molecule has 1 amide bonds. The molecule has 0 saturated carbocycles. The number of hydroxylamine groups is 2. The molecule has 0 unspecified atom stereocenters. The van der Waals surface area contributed by atoms with Crippen LogP contribution in [0.15, 0.2) is 6.20 Å². The predicted molar refractivity (Wildman–Crippen MR) is 51.9 cm³/mol. The Balaban J connectivity index is 3.07. The van der Waals surface area contributed by atoms with Crippen LogP contribution in [0.1, 0.15) is 29.4 Å². The Morgan fingerprint density at radius 2 is 2.31 bits per heavy atom. The van der Waals surface area contributed by atoms with Crippen LogP contribution in [0.2, 0.25) is 0 Å². The quantitative estimate of drug-likeness (QED) is 0.738. The van der Waals surface area contributed by atoms with Gasteiger partial charge in [-0.15, -0.1) is 0 Å². The highest BCUT2D eigenvalue weighted by molar-refractivity contribution is 5.94. The SMILES string of the molecule is CCN(OC)C(=O)c1cn(C)nc1C(F)F. The summed E-state index contributed by atoms with van der Waals surface area (Å²) >= 11 is 0. The highest BCUT2D eigenvalue weighted by Crippen LogP contribution is 2.22. The molecule has 0 aliphatic heterocycles. The standard InChI is InChI=1S/C9H13F2N3O2/c1-4-14(16-3)9(15)6-5-13(2)12-7(6)8(10)11/h5,8H,4H2,1-3H3. The van der Waals surface area contributed by atoms with Crippen molar-refractivity contribution in [3.05, 3.63) is 17.5 Å². The molecule has 1 rings (SSSR count). The Labute approximate surface area is 91.5 Å². The molecule has 0 aromatic carbocycles. The number of amides is 1. The lowest BCUT2D eigenvalue weighted by Crippen LogP contribution is -2.30. The van der Waals surface area contributed by atoms with Crippen molar-refractivity contribution in [3.63, 3.8) is 0 Å². The monoisotopic (exact) mass is 233 g/mol. The number of aryl methyl sites for hydroxylation is 1. The van der Waals surface area contributed by atoms with Gasteiger partial charge in [-0.25, -0.2) is 13.8 Å². The Bertz CT molecular complexity index is 375. The normalized spacial score (nSPS) is 10.9. The van der Waals surface area contributed by atoms with Crippen LogP contribution in [-0.2, 0) is 11.9 Å². The molecule has 0 spiro atoms. The van der Waals surface area contributed by atoms with Crippen molar-refractivity contribution in [2.45, 2.75) is 13.3 Å². The number of hydrogen-bond donors (Lipinski definition) is 0. The van der Waals surface area contributed by atoms with Crippen LogP contribution in [0, 0.1) is 0 Å². The van der Waals surface area contributed by atoms with Gasteiger partial charge in [0.15, 0.2) is 0 Å². The zero-order valence-corrected chi connectivity index (χ0v) is 9.28. The highest BCUT2D eigenvalue weighted by Gasteiger charge is 2.25. The van der Waals surface area contributed by atoms with Crippen LogP contribution in [0.5, 0.6) is 0 Å². The summed E-state index contributed by atoms with van der Waals surface area (Å²) in [6, 6.07) is 0. The fourth-order valence-electron chi connectivity index (χ4n) is 1.32. The maximum absolute atomic E-state index is 12.6. The van der Waals surface area contributed by atoms with Gasteiger partial charge >= 0.3 is 0 Å². The van der Waals surface area contributed by atoms with Gasteiger partial charge in [0, 0.05) is 19.8 Å².